The van der Waals surface area contributed by atoms with Crippen LogP contribution in [-0.4, -0.2) is 60.2 Å². The first-order chi connectivity index (χ1) is 20.0. The van der Waals surface area contributed by atoms with Crippen molar-refractivity contribution in [3.05, 3.63) is 90.1 Å². The minimum absolute atomic E-state index is 0.0687. The zero-order valence-corrected chi connectivity index (χ0v) is 23.7. The van der Waals surface area contributed by atoms with Gasteiger partial charge in [-0.25, -0.2) is 13.4 Å². The molecular formula is C31H30F3N3O4S. The Hall–Kier alpha value is -3.64. The molecule has 1 aliphatic rings. The van der Waals surface area contributed by atoms with Crippen molar-refractivity contribution in [3.63, 3.8) is 0 Å². The molecule has 4 aromatic rings. The average molecular weight is 598 g/mol. The highest BCUT2D eigenvalue weighted by Gasteiger charge is 2.31. The predicted octanol–water partition coefficient (Wildman–Crippen LogP) is 5.97. The fourth-order valence-electron chi connectivity index (χ4n) is 4.98. The minimum atomic E-state index is -4.41. The number of halogens is 3. The Morgan fingerprint density at radius 2 is 1.55 bits per heavy atom. The third-order valence-electron chi connectivity index (χ3n) is 7.12. The van der Waals surface area contributed by atoms with Gasteiger partial charge in [0.1, 0.15) is 0 Å². The molecule has 0 radical (unpaired) electrons. The van der Waals surface area contributed by atoms with E-state index in [1.54, 1.807) is 61.5 Å². The third-order valence-corrected chi connectivity index (χ3v) is 9.02. The molecule has 0 bridgehead atoms. The first-order valence-electron chi connectivity index (χ1n) is 13.5. The molecule has 7 nitrogen and oxygen atoms in total. The van der Waals surface area contributed by atoms with Gasteiger partial charge in [0.25, 0.3) is 0 Å². The number of nitrogens with zero attached hydrogens (tertiary/aromatic N) is 3. The van der Waals surface area contributed by atoms with Crippen molar-refractivity contribution in [2.75, 3.05) is 26.3 Å². The summed E-state index contributed by atoms with van der Waals surface area (Å²) in [6, 6.07) is 20.6. The average Bonchev–Trinajstić information content (AvgIpc) is 2.99. The molecule has 0 saturated carbocycles. The summed E-state index contributed by atoms with van der Waals surface area (Å²) in [7, 11) is -3.74. The van der Waals surface area contributed by atoms with E-state index >= 15 is 0 Å². The second kappa shape index (κ2) is 12.3. The van der Waals surface area contributed by atoms with Gasteiger partial charge < -0.3 is 9.84 Å². The number of alkyl halides is 3. The van der Waals surface area contributed by atoms with Crippen molar-refractivity contribution in [1.82, 2.24) is 14.3 Å². The van der Waals surface area contributed by atoms with Crippen LogP contribution in [0.2, 0.25) is 0 Å². The summed E-state index contributed by atoms with van der Waals surface area (Å²) in [5.41, 5.74) is 3.55. The molecule has 3 heterocycles. The molecule has 42 heavy (non-hydrogen) atoms. The summed E-state index contributed by atoms with van der Waals surface area (Å²) < 4.78 is 72.9. The number of benzene rings is 2. The first-order valence-corrected chi connectivity index (χ1v) is 15.0. The van der Waals surface area contributed by atoms with Crippen LogP contribution in [0, 0.1) is 6.92 Å². The van der Waals surface area contributed by atoms with Gasteiger partial charge in [-0.2, -0.15) is 17.5 Å². The Kier molecular flexibility index (Phi) is 8.74. The van der Waals surface area contributed by atoms with Gasteiger partial charge in [0.2, 0.25) is 10.0 Å². The van der Waals surface area contributed by atoms with Gasteiger partial charge in [0.15, 0.2) is 0 Å². The van der Waals surface area contributed by atoms with Crippen molar-refractivity contribution in [2.24, 2.45) is 0 Å². The number of piperidine rings is 1. The maximum atomic E-state index is 13.4. The number of aliphatic hydroxyl groups excluding tert-OH is 1. The van der Waals surface area contributed by atoms with Crippen molar-refractivity contribution in [3.8, 4) is 33.8 Å². The first kappa shape index (κ1) is 29.8. The highest BCUT2D eigenvalue weighted by atomic mass is 32.2. The van der Waals surface area contributed by atoms with Crippen molar-refractivity contribution in [2.45, 2.75) is 36.9 Å². The van der Waals surface area contributed by atoms with E-state index in [1.807, 2.05) is 0 Å². The van der Waals surface area contributed by atoms with Crippen LogP contribution < -0.4 is 0 Å². The molecular weight excluding hydrogens is 567 g/mol. The number of aryl methyl sites for hydroxylation is 1. The summed E-state index contributed by atoms with van der Waals surface area (Å²) in [4.78, 5) is 9.51. The number of rotatable bonds is 8. The van der Waals surface area contributed by atoms with Gasteiger partial charge in [0.05, 0.1) is 46.9 Å². The lowest BCUT2D eigenvalue weighted by atomic mass is 10.0. The van der Waals surface area contributed by atoms with Crippen LogP contribution in [0.3, 0.4) is 0 Å². The molecule has 0 spiro atoms. The van der Waals surface area contributed by atoms with Crippen molar-refractivity contribution in [1.29, 1.82) is 0 Å². The Morgan fingerprint density at radius 3 is 2.24 bits per heavy atom. The lowest BCUT2D eigenvalue weighted by Crippen LogP contribution is -2.41. The monoisotopic (exact) mass is 597 g/mol. The predicted molar refractivity (Wildman–Crippen MR) is 153 cm³/mol. The van der Waals surface area contributed by atoms with Crippen molar-refractivity contribution < 1.29 is 31.4 Å². The van der Waals surface area contributed by atoms with Gasteiger partial charge in [-0.15, -0.1) is 0 Å². The molecule has 1 saturated heterocycles. The van der Waals surface area contributed by atoms with E-state index in [9.17, 15) is 21.6 Å². The van der Waals surface area contributed by atoms with Gasteiger partial charge >= 0.3 is 6.18 Å². The Bertz CT molecular complexity index is 1650. The fourth-order valence-corrected chi connectivity index (χ4v) is 6.50. The van der Waals surface area contributed by atoms with Crippen LogP contribution >= 0.6 is 0 Å². The zero-order chi connectivity index (χ0) is 29.9. The maximum absolute atomic E-state index is 13.4. The molecule has 5 rings (SSSR count). The molecule has 1 fully saturated rings. The van der Waals surface area contributed by atoms with E-state index in [-0.39, 0.29) is 24.2 Å². The Morgan fingerprint density at radius 1 is 0.857 bits per heavy atom. The molecule has 1 aliphatic heterocycles. The highest BCUT2D eigenvalue weighted by molar-refractivity contribution is 7.89. The van der Waals surface area contributed by atoms with E-state index < -0.39 is 21.8 Å². The highest BCUT2D eigenvalue weighted by Crippen LogP contribution is 2.33. The number of sulfonamides is 1. The Labute approximate surface area is 242 Å². The number of pyridine rings is 2. The van der Waals surface area contributed by atoms with Crippen LogP contribution in [0.15, 0.2) is 83.8 Å². The standard InChI is InChI=1S/C31H30F3N3O4S/c1-21-18-24(22-8-10-25(11-9-22)31(32,33)34)20-30(35-21)29-7-3-6-28(36-29)23-4-2-5-27(19-23)42(39,40)37-14-12-26(13-15-37)41-17-16-38/h2-11,18-20,26,38H,12-17H2,1H3. The molecule has 0 aliphatic carbocycles. The number of ether oxygens (including phenoxy) is 1. The second-order valence-corrected chi connectivity index (χ2v) is 12.0. The number of hydrogen-bond acceptors (Lipinski definition) is 6. The van der Waals surface area contributed by atoms with Crippen molar-refractivity contribution >= 4 is 10.0 Å². The van der Waals surface area contributed by atoms with E-state index in [2.05, 4.69) is 4.98 Å². The molecule has 1 N–H and O–H groups in total. The van der Waals surface area contributed by atoms with Gasteiger partial charge in [-0.05, 0) is 79.4 Å². The van der Waals surface area contributed by atoms with Crippen LogP contribution in [0.25, 0.3) is 33.8 Å². The molecule has 0 amide bonds. The lowest BCUT2D eigenvalue weighted by molar-refractivity contribution is -0.137. The van der Waals surface area contributed by atoms with Crippen LogP contribution in [0.5, 0.6) is 0 Å². The largest absolute Gasteiger partial charge is 0.416 e. The van der Waals surface area contributed by atoms with Gasteiger partial charge in [-0.1, -0.05) is 30.3 Å². The molecule has 11 heteroatoms. The SMILES string of the molecule is Cc1cc(-c2ccc(C(F)(F)F)cc2)cc(-c2cccc(-c3cccc(S(=O)(=O)N4CCC(OCCO)CC4)c3)n2)n1. The number of aromatic nitrogens is 2. The van der Waals surface area contributed by atoms with Crippen LogP contribution in [0.4, 0.5) is 13.2 Å². The topological polar surface area (TPSA) is 92.6 Å². The second-order valence-electron chi connectivity index (χ2n) is 10.1. The third kappa shape index (κ3) is 6.70. The number of hydrogen-bond donors (Lipinski definition) is 1. The minimum Gasteiger partial charge on any atom is -0.394 e. The maximum Gasteiger partial charge on any atom is 0.416 e. The molecule has 2 aromatic carbocycles. The number of aliphatic hydroxyl groups is 1. The molecule has 0 atom stereocenters. The van der Waals surface area contributed by atoms with E-state index in [0.29, 0.717) is 65.4 Å². The lowest BCUT2D eigenvalue weighted by Gasteiger charge is -2.31. The summed E-state index contributed by atoms with van der Waals surface area (Å²) in [5, 5.41) is 8.96. The summed E-state index contributed by atoms with van der Waals surface area (Å²) >= 11 is 0. The Balaban J connectivity index is 1.39. The van der Waals surface area contributed by atoms with Crippen LogP contribution in [-0.2, 0) is 20.9 Å². The van der Waals surface area contributed by atoms with E-state index in [4.69, 9.17) is 14.8 Å². The molecule has 0 unspecified atom stereocenters. The fraction of sp³-hybridized carbons (Fsp3) is 0.290. The van der Waals surface area contributed by atoms with E-state index in [1.165, 1.54) is 16.4 Å². The quantitative estimate of drug-likeness (QED) is 0.269. The molecule has 2 aromatic heterocycles. The normalized spacial score (nSPS) is 15.2. The van der Waals surface area contributed by atoms with Gasteiger partial charge in [-0.3, -0.25) is 4.98 Å². The smallest absolute Gasteiger partial charge is 0.394 e. The summed E-state index contributed by atoms with van der Waals surface area (Å²) in [6.45, 7) is 2.63. The van der Waals surface area contributed by atoms with Crippen LogP contribution in [0.1, 0.15) is 24.1 Å². The zero-order valence-electron chi connectivity index (χ0n) is 22.9. The summed E-state index contributed by atoms with van der Waals surface area (Å²) in [6.07, 6.45) is -3.37. The summed E-state index contributed by atoms with van der Waals surface area (Å²) in [5.74, 6) is 0. The van der Waals surface area contributed by atoms with Gasteiger partial charge in [0, 0.05) is 24.3 Å². The van der Waals surface area contributed by atoms with E-state index in [0.717, 1.165) is 12.1 Å². The molecule has 220 valence electrons.